The van der Waals surface area contributed by atoms with Crippen LogP contribution in [0.4, 0.5) is 0 Å². The number of nitrogens with two attached hydrogens (primary N) is 2. The molecular formula is C10H14N4O6. The quantitative estimate of drug-likeness (QED) is 0.385. The van der Waals surface area contributed by atoms with Crippen LogP contribution in [0, 0.1) is 0 Å². The van der Waals surface area contributed by atoms with Gasteiger partial charge in [-0.2, -0.15) is 5.10 Å². The van der Waals surface area contributed by atoms with Gasteiger partial charge in [-0.05, 0) is 0 Å². The summed E-state index contributed by atoms with van der Waals surface area (Å²) in [5, 5.41) is 32.1. The first kappa shape index (κ1) is 14.4. The Morgan fingerprint density at radius 3 is 2.35 bits per heavy atom. The second-order valence-corrected chi connectivity index (χ2v) is 4.33. The van der Waals surface area contributed by atoms with Gasteiger partial charge in [-0.1, -0.05) is 0 Å². The van der Waals surface area contributed by atoms with Gasteiger partial charge in [0.25, 0.3) is 11.8 Å². The van der Waals surface area contributed by atoms with Crippen LogP contribution in [0.3, 0.4) is 0 Å². The molecule has 7 N–H and O–H groups in total. The summed E-state index contributed by atoms with van der Waals surface area (Å²) >= 11 is 0. The summed E-state index contributed by atoms with van der Waals surface area (Å²) in [4.78, 5) is 22.4. The van der Waals surface area contributed by atoms with E-state index in [9.17, 15) is 19.8 Å². The highest BCUT2D eigenvalue weighted by molar-refractivity contribution is 6.04. The minimum Gasteiger partial charge on any atom is -0.394 e. The van der Waals surface area contributed by atoms with Crippen molar-refractivity contribution in [3.05, 3.63) is 17.5 Å². The van der Waals surface area contributed by atoms with Gasteiger partial charge in [0.15, 0.2) is 11.9 Å². The predicted octanol–water partition coefficient (Wildman–Crippen LogP) is -3.31. The molecule has 1 aromatic heterocycles. The van der Waals surface area contributed by atoms with E-state index in [2.05, 4.69) is 5.10 Å². The number of carbonyl (C=O) groups is 2. The van der Waals surface area contributed by atoms with Crippen LogP contribution in [0.5, 0.6) is 0 Å². The Bertz CT molecular complexity index is 512. The Morgan fingerprint density at radius 2 is 1.95 bits per heavy atom. The molecule has 20 heavy (non-hydrogen) atoms. The Morgan fingerprint density at radius 1 is 1.30 bits per heavy atom. The van der Waals surface area contributed by atoms with Crippen molar-refractivity contribution in [2.24, 2.45) is 11.5 Å². The van der Waals surface area contributed by atoms with Gasteiger partial charge in [0.1, 0.15) is 18.3 Å². The smallest absolute Gasteiger partial charge is 0.270 e. The Kier molecular flexibility index (Phi) is 3.72. The Labute approximate surface area is 112 Å². The average molecular weight is 286 g/mol. The third-order valence-corrected chi connectivity index (χ3v) is 3.01. The van der Waals surface area contributed by atoms with Gasteiger partial charge >= 0.3 is 0 Å². The molecule has 10 nitrogen and oxygen atoms in total. The standard InChI is InChI=1S/C10H14N4O6/c11-8(18)3-1-14(13-5(3)9(12)19)10-7(17)6(16)4(2-15)20-10/h1,4,6-7,10,15-17H,2H2,(H2,11,18)(H2,12,19)/t4-,6-,7-,10-/m1/s1. The first-order valence-electron chi connectivity index (χ1n) is 5.68. The van der Waals surface area contributed by atoms with Gasteiger partial charge in [-0.15, -0.1) is 0 Å². The van der Waals surface area contributed by atoms with Gasteiger partial charge in [0.2, 0.25) is 0 Å². The van der Waals surface area contributed by atoms with Crippen molar-refractivity contribution < 1.29 is 29.6 Å². The lowest BCUT2D eigenvalue weighted by atomic mass is 10.1. The maximum absolute atomic E-state index is 11.2. The van der Waals surface area contributed by atoms with E-state index in [1.54, 1.807) is 0 Å². The number of amides is 2. The largest absolute Gasteiger partial charge is 0.394 e. The number of hydrogen-bond donors (Lipinski definition) is 5. The fraction of sp³-hybridized carbons (Fsp3) is 0.500. The molecule has 2 amide bonds. The molecule has 0 bridgehead atoms. The topological polar surface area (TPSA) is 174 Å². The summed E-state index contributed by atoms with van der Waals surface area (Å²) in [5.74, 6) is -1.89. The van der Waals surface area contributed by atoms with E-state index in [0.29, 0.717) is 0 Å². The monoisotopic (exact) mass is 286 g/mol. The van der Waals surface area contributed by atoms with E-state index >= 15 is 0 Å². The highest BCUT2D eigenvalue weighted by Crippen LogP contribution is 2.29. The lowest BCUT2D eigenvalue weighted by Crippen LogP contribution is -2.33. The number of primary amides is 2. The molecule has 110 valence electrons. The minimum atomic E-state index is -1.39. The SMILES string of the molecule is NC(=O)c1cn([C@@H]2O[C@H](CO)[C@@H](O)[C@H]2O)nc1C(N)=O. The van der Waals surface area contributed by atoms with E-state index in [1.165, 1.54) is 0 Å². The molecule has 1 aliphatic heterocycles. The number of aromatic nitrogens is 2. The number of aliphatic hydroxyl groups excluding tert-OH is 3. The molecule has 0 aliphatic carbocycles. The molecular weight excluding hydrogens is 272 g/mol. The van der Waals surface area contributed by atoms with E-state index in [4.69, 9.17) is 21.3 Å². The van der Waals surface area contributed by atoms with Crippen molar-refractivity contribution in [1.29, 1.82) is 0 Å². The summed E-state index contributed by atoms with van der Waals surface area (Å²) in [6.07, 6.45) is -3.82. The molecule has 2 rings (SSSR count). The van der Waals surface area contributed by atoms with Gasteiger partial charge in [0.05, 0.1) is 12.2 Å². The zero-order valence-corrected chi connectivity index (χ0v) is 10.2. The molecule has 0 radical (unpaired) electrons. The fourth-order valence-electron chi connectivity index (χ4n) is 1.98. The highest BCUT2D eigenvalue weighted by Gasteiger charge is 2.44. The maximum Gasteiger partial charge on any atom is 0.270 e. The average Bonchev–Trinajstić information content (AvgIpc) is 2.93. The second kappa shape index (κ2) is 5.17. The molecule has 10 heteroatoms. The lowest BCUT2D eigenvalue weighted by molar-refractivity contribution is -0.0587. The molecule has 0 aromatic carbocycles. The lowest BCUT2D eigenvalue weighted by Gasteiger charge is -2.14. The van der Waals surface area contributed by atoms with Crippen molar-refractivity contribution in [3.8, 4) is 0 Å². The van der Waals surface area contributed by atoms with Crippen LogP contribution < -0.4 is 11.5 Å². The summed E-state index contributed by atoms with van der Waals surface area (Å²) in [6.45, 7) is -0.513. The maximum atomic E-state index is 11.2. The van der Waals surface area contributed by atoms with E-state index in [0.717, 1.165) is 10.9 Å². The summed E-state index contributed by atoms with van der Waals surface area (Å²) in [5.41, 5.74) is 9.56. The summed E-state index contributed by atoms with van der Waals surface area (Å²) in [6, 6.07) is 0. The number of rotatable bonds is 4. The van der Waals surface area contributed by atoms with E-state index in [1.807, 2.05) is 0 Å². The molecule has 0 saturated carbocycles. The molecule has 0 unspecified atom stereocenters. The van der Waals surface area contributed by atoms with Gasteiger partial charge < -0.3 is 31.5 Å². The van der Waals surface area contributed by atoms with Crippen molar-refractivity contribution in [3.63, 3.8) is 0 Å². The Hall–Kier alpha value is -2.01. The van der Waals surface area contributed by atoms with E-state index in [-0.39, 0.29) is 11.3 Å². The van der Waals surface area contributed by atoms with Crippen LogP contribution in [0.25, 0.3) is 0 Å². The predicted molar refractivity (Wildman–Crippen MR) is 62.3 cm³/mol. The molecule has 4 atom stereocenters. The van der Waals surface area contributed by atoms with Crippen LogP contribution in [-0.4, -0.2) is 61.8 Å². The van der Waals surface area contributed by atoms with Gasteiger partial charge in [-0.3, -0.25) is 9.59 Å². The second-order valence-electron chi connectivity index (χ2n) is 4.33. The van der Waals surface area contributed by atoms with Crippen LogP contribution >= 0.6 is 0 Å². The number of aliphatic hydroxyl groups is 3. The zero-order chi connectivity index (χ0) is 15.0. The number of carbonyl (C=O) groups excluding carboxylic acids is 2. The van der Waals surface area contributed by atoms with Crippen molar-refractivity contribution >= 4 is 11.8 Å². The third-order valence-electron chi connectivity index (χ3n) is 3.01. The molecule has 1 aromatic rings. The number of hydrogen-bond acceptors (Lipinski definition) is 7. The van der Waals surface area contributed by atoms with Gasteiger partial charge in [-0.25, -0.2) is 4.68 Å². The van der Waals surface area contributed by atoms with Crippen LogP contribution in [0.2, 0.25) is 0 Å². The molecule has 1 aliphatic rings. The van der Waals surface area contributed by atoms with Crippen LogP contribution in [0.15, 0.2) is 6.20 Å². The van der Waals surface area contributed by atoms with Gasteiger partial charge in [0, 0.05) is 6.20 Å². The molecule has 0 spiro atoms. The molecule has 1 saturated heterocycles. The normalized spacial score (nSPS) is 29.6. The highest BCUT2D eigenvalue weighted by atomic mass is 16.6. The van der Waals surface area contributed by atoms with Crippen molar-refractivity contribution in [2.45, 2.75) is 24.5 Å². The minimum absolute atomic E-state index is 0.227. The van der Waals surface area contributed by atoms with E-state index < -0.39 is 43.0 Å². The van der Waals surface area contributed by atoms with Crippen LogP contribution in [0.1, 0.15) is 27.1 Å². The Balaban J connectivity index is 2.37. The number of nitrogens with zero attached hydrogens (tertiary/aromatic N) is 2. The summed E-state index contributed by atoms with van der Waals surface area (Å²) in [7, 11) is 0. The van der Waals surface area contributed by atoms with Crippen LogP contribution in [-0.2, 0) is 4.74 Å². The molecule has 2 heterocycles. The zero-order valence-electron chi connectivity index (χ0n) is 10.2. The number of ether oxygens (including phenoxy) is 1. The van der Waals surface area contributed by atoms with Crippen molar-refractivity contribution in [1.82, 2.24) is 9.78 Å². The third kappa shape index (κ3) is 2.25. The summed E-state index contributed by atoms with van der Waals surface area (Å²) < 4.78 is 6.16. The first-order chi connectivity index (χ1) is 9.36. The van der Waals surface area contributed by atoms with Crippen molar-refractivity contribution in [2.75, 3.05) is 6.61 Å². The fourth-order valence-corrected chi connectivity index (χ4v) is 1.98. The first-order valence-corrected chi connectivity index (χ1v) is 5.68. The molecule has 1 fully saturated rings.